The van der Waals surface area contributed by atoms with Gasteiger partial charge in [-0.05, 0) is 24.0 Å². The monoisotopic (exact) mass is 295 g/mol. The molecule has 0 heterocycles. The maximum absolute atomic E-state index is 4.28. The molecule has 0 aromatic heterocycles. The number of rotatable bonds is 5. The smallest absolute Gasteiger partial charge is 0.191 e. The molecule has 2 aromatic rings. The molecule has 116 valence electrons. The molecule has 0 saturated carbocycles. The lowest BCUT2D eigenvalue weighted by Crippen LogP contribution is -2.38. The number of benzene rings is 2. The average molecular weight is 295 g/mol. The van der Waals surface area contributed by atoms with Gasteiger partial charge in [0, 0.05) is 20.1 Å². The quantitative estimate of drug-likeness (QED) is 0.654. The highest BCUT2D eigenvalue weighted by Crippen LogP contribution is 2.14. The number of nitrogens with one attached hydrogen (secondary N) is 2. The van der Waals surface area contributed by atoms with Crippen molar-refractivity contribution in [2.45, 2.75) is 26.3 Å². The summed E-state index contributed by atoms with van der Waals surface area (Å²) in [7, 11) is 1.80. The lowest BCUT2D eigenvalue weighted by Gasteiger charge is -2.16. The third-order valence-electron chi connectivity index (χ3n) is 3.75. The van der Waals surface area contributed by atoms with Crippen LogP contribution in [-0.2, 0) is 6.54 Å². The lowest BCUT2D eigenvalue weighted by atomic mass is 10.0. The summed E-state index contributed by atoms with van der Waals surface area (Å²) in [5, 5.41) is 6.73. The van der Waals surface area contributed by atoms with Crippen LogP contribution < -0.4 is 10.6 Å². The van der Waals surface area contributed by atoms with Crippen LogP contribution in [0.15, 0.2) is 59.6 Å². The van der Waals surface area contributed by atoms with E-state index in [0.717, 1.165) is 19.0 Å². The molecule has 1 unspecified atom stereocenters. The Morgan fingerprint density at radius 3 is 2.32 bits per heavy atom. The van der Waals surface area contributed by atoms with E-state index >= 15 is 0 Å². The van der Waals surface area contributed by atoms with Gasteiger partial charge < -0.3 is 10.6 Å². The standard InChI is InChI=1S/C19H25N3/c1-15-9-11-18(12-10-15)16(2)13-21-19(20-3)22-14-17-7-5-4-6-8-17/h4-12,16H,13-14H2,1-3H3,(H2,20,21,22). The van der Waals surface area contributed by atoms with E-state index in [-0.39, 0.29) is 0 Å². The van der Waals surface area contributed by atoms with Crippen molar-refractivity contribution in [3.63, 3.8) is 0 Å². The highest BCUT2D eigenvalue weighted by molar-refractivity contribution is 5.79. The molecule has 2 N–H and O–H groups in total. The van der Waals surface area contributed by atoms with Gasteiger partial charge in [-0.25, -0.2) is 0 Å². The second-order valence-electron chi connectivity index (χ2n) is 5.60. The molecule has 3 heteroatoms. The zero-order chi connectivity index (χ0) is 15.8. The molecule has 2 rings (SSSR count). The van der Waals surface area contributed by atoms with Crippen LogP contribution in [0.3, 0.4) is 0 Å². The normalized spacial score (nSPS) is 12.8. The summed E-state index contributed by atoms with van der Waals surface area (Å²) in [5.74, 6) is 1.28. The van der Waals surface area contributed by atoms with Crippen LogP contribution in [0.2, 0.25) is 0 Å². The minimum atomic E-state index is 0.441. The van der Waals surface area contributed by atoms with Gasteiger partial charge in [0.1, 0.15) is 0 Å². The maximum atomic E-state index is 4.28. The fraction of sp³-hybridized carbons (Fsp3) is 0.316. The van der Waals surface area contributed by atoms with Crippen LogP contribution in [-0.4, -0.2) is 19.6 Å². The summed E-state index contributed by atoms with van der Waals surface area (Å²) < 4.78 is 0. The van der Waals surface area contributed by atoms with E-state index in [2.05, 4.69) is 65.9 Å². The van der Waals surface area contributed by atoms with Crippen molar-refractivity contribution < 1.29 is 0 Å². The minimum absolute atomic E-state index is 0.441. The molecular weight excluding hydrogens is 270 g/mol. The number of aryl methyl sites for hydroxylation is 1. The van der Waals surface area contributed by atoms with Crippen molar-refractivity contribution in [2.24, 2.45) is 4.99 Å². The summed E-state index contributed by atoms with van der Waals surface area (Å²) >= 11 is 0. The van der Waals surface area contributed by atoms with Crippen LogP contribution in [0, 0.1) is 6.92 Å². The zero-order valence-electron chi connectivity index (χ0n) is 13.6. The number of guanidine groups is 1. The zero-order valence-corrected chi connectivity index (χ0v) is 13.6. The first-order valence-electron chi connectivity index (χ1n) is 7.74. The summed E-state index contributed by atoms with van der Waals surface area (Å²) in [6, 6.07) is 19.1. The highest BCUT2D eigenvalue weighted by Gasteiger charge is 2.06. The van der Waals surface area contributed by atoms with Gasteiger partial charge in [-0.2, -0.15) is 0 Å². The predicted molar refractivity (Wildman–Crippen MR) is 94.2 cm³/mol. The molecular formula is C19H25N3. The Morgan fingerprint density at radius 1 is 1.00 bits per heavy atom. The highest BCUT2D eigenvalue weighted by atomic mass is 15.2. The fourth-order valence-corrected chi connectivity index (χ4v) is 2.26. The number of hydrogen-bond acceptors (Lipinski definition) is 1. The number of nitrogens with zero attached hydrogens (tertiary/aromatic N) is 1. The van der Waals surface area contributed by atoms with E-state index in [1.165, 1.54) is 16.7 Å². The largest absolute Gasteiger partial charge is 0.356 e. The number of aliphatic imine (C=N–C) groups is 1. The Balaban J connectivity index is 1.82. The van der Waals surface area contributed by atoms with Crippen molar-refractivity contribution in [1.82, 2.24) is 10.6 Å². The van der Waals surface area contributed by atoms with Crippen molar-refractivity contribution in [3.05, 3.63) is 71.3 Å². The van der Waals surface area contributed by atoms with Gasteiger partial charge in [-0.1, -0.05) is 67.1 Å². The first-order valence-corrected chi connectivity index (χ1v) is 7.74. The van der Waals surface area contributed by atoms with Crippen LogP contribution in [0.5, 0.6) is 0 Å². The van der Waals surface area contributed by atoms with Crippen LogP contribution in [0.25, 0.3) is 0 Å². The van der Waals surface area contributed by atoms with Gasteiger partial charge in [0.05, 0.1) is 0 Å². The van der Waals surface area contributed by atoms with Crippen LogP contribution in [0.4, 0.5) is 0 Å². The first-order chi connectivity index (χ1) is 10.7. The van der Waals surface area contributed by atoms with Gasteiger partial charge in [-0.15, -0.1) is 0 Å². The molecule has 22 heavy (non-hydrogen) atoms. The number of hydrogen-bond donors (Lipinski definition) is 2. The van der Waals surface area contributed by atoms with E-state index in [1.54, 1.807) is 7.05 Å². The van der Waals surface area contributed by atoms with Gasteiger partial charge in [0.25, 0.3) is 0 Å². The summed E-state index contributed by atoms with van der Waals surface area (Å²) in [5.41, 5.74) is 3.89. The van der Waals surface area contributed by atoms with Crippen molar-refractivity contribution in [3.8, 4) is 0 Å². The second kappa shape index (κ2) is 8.23. The Morgan fingerprint density at radius 2 is 1.68 bits per heavy atom. The molecule has 0 amide bonds. The average Bonchev–Trinajstić information content (AvgIpc) is 2.56. The molecule has 0 aliphatic heterocycles. The molecule has 1 atom stereocenters. The molecule has 0 bridgehead atoms. The molecule has 0 radical (unpaired) electrons. The Kier molecular flexibility index (Phi) is 6.01. The third-order valence-corrected chi connectivity index (χ3v) is 3.75. The summed E-state index contributed by atoms with van der Waals surface area (Å²) in [6.07, 6.45) is 0. The SMILES string of the molecule is CN=C(NCc1ccccc1)NCC(C)c1ccc(C)cc1. The van der Waals surface area contributed by atoms with E-state index < -0.39 is 0 Å². The molecule has 0 aliphatic carbocycles. The lowest BCUT2D eigenvalue weighted by molar-refractivity contribution is 0.698. The van der Waals surface area contributed by atoms with E-state index in [0.29, 0.717) is 5.92 Å². The predicted octanol–water partition coefficient (Wildman–Crippen LogP) is 3.46. The van der Waals surface area contributed by atoms with E-state index in [1.807, 2.05) is 18.2 Å². The van der Waals surface area contributed by atoms with Crippen molar-refractivity contribution >= 4 is 5.96 Å². The molecule has 2 aromatic carbocycles. The Bertz CT molecular complexity index is 588. The van der Waals surface area contributed by atoms with Gasteiger partial charge in [0.2, 0.25) is 0 Å². The topological polar surface area (TPSA) is 36.4 Å². The molecule has 0 saturated heterocycles. The molecule has 0 aliphatic rings. The van der Waals surface area contributed by atoms with Crippen LogP contribution in [0.1, 0.15) is 29.5 Å². The summed E-state index contributed by atoms with van der Waals surface area (Å²) in [4.78, 5) is 4.28. The maximum Gasteiger partial charge on any atom is 0.191 e. The fourth-order valence-electron chi connectivity index (χ4n) is 2.26. The molecule has 0 spiro atoms. The van der Waals surface area contributed by atoms with Crippen LogP contribution >= 0.6 is 0 Å². The Hall–Kier alpha value is -2.29. The second-order valence-corrected chi connectivity index (χ2v) is 5.60. The Labute approximate surface area is 133 Å². The molecule has 3 nitrogen and oxygen atoms in total. The van der Waals surface area contributed by atoms with Crippen molar-refractivity contribution in [1.29, 1.82) is 0 Å². The van der Waals surface area contributed by atoms with Gasteiger partial charge in [0.15, 0.2) is 5.96 Å². The molecule has 0 fully saturated rings. The van der Waals surface area contributed by atoms with Gasteiger partial charge >= 0.3 is 0 Å². The van der Waals surface area contributed by atoms with E-state index in [9.17, 15) is 0 Å². The first kappa shape index (κ1) is 16.1. The third kappa shape index (κ3) is 4.92. The summed E-state index contributed by atoms with van der Waals surface area (Å²) in [6.45, 7) is 5.97. The van der Waals surface area contributed by atoms with Gasteiger partial charge in [-0.3, -0.25) is 4.99 Å². The minimum Gasteiger partial charge on any atom is -0.356 e. The van der Waals surface area contributed by atoms with E-state index in [4.69, 9.17) is 0 Å². The van der Waals surface area contributed by atoms with Crippen molar-refractivity contribution in [2.75, 3.05) is 13.6 Å².